The molecule has 2 rings (SSSR count). The molecule has 0 spiro atoms. The largest absolute Gasteiger partial charge is 0.385 e. The molecule has 1 fully saturated rings. The van der Waals surface area contributed by atoms with E-state index in [1.54, 1.807) is 0 Å². The number of rotatable bonds is 10. The average molecular weight is 383 g/mol. The van der Waals surface area contributed by atoms with Crippen LogP contribution in [0.15, 0.2) is 18.2 Å². The SMILES string of the molecule is CCCCOC[C@H](O)C[NH+]1CCN(c2ccc([N+](=O)[O-])cc2[N+](=O)[O-])CC1. The fourth-order valence-electron chi connectivity index (χ4n) is 3.16. The Bertz CT molecular complexity index is 648. The van der Waals surface area contributed by atoms with Crippen LogP contribution >= 0.6 is 0 Å². The first-order valence-corrected chi connectivity index (χ1v) is 9.19. The van der Waals surface area contributed by atoms with E-state index in [4.69, 9.17) is 4.74 Å². The standard InChI is InChI=1S/C17H26N4O6/c1-2-3-10-27-13-15(22)12-18-6-8-19(9-7-18)16-5-4-14(20(23)24)11-17(16)21(25)26/h4-5,11,15,22H,2-3,6-10,12-13H2,1H3/p+1/t15-/m1/s1. The summed E-state index contributed by atoms with van der Waals surface area (Å²) in [6.45, 7) is 6.23. The van der Waals surface area contributed by atoms with Gasteiger partial charge in [0, 0.05) is 12.7 Å². The van der Waals surface area contributed by atoms with Gasteiger partial charge in [-0.05, 0) is 12.5 Å². The van der Waals surface area contributed by atoms with Crippen LogP contribution in [0.3, 0.4) is 0 Å². The number of anilines is 1. The lowest BCUT2D eigenvalue weighted by Gasteiger charge is -2.34. The fraction of sp³-hybridized carbons (Fsp3) is 0.647. The number of aliphatic hydroxyl groups excluding tert-OH is 1. The maximum absolute atomic E-state index is 11.3. The maximum Gasteiger partial charge on any atom is 0.299 e. The second kappa shape index (κ2) is 10.1. The highest BCUT2D eigenvalue weighted by Crippen LogP contribution is 2.31. The molecule has 0 aromatic heterocycles. The number of nitro groups is 2. The smallest absolute Gasteiger partial charge is 0.299 e. The summed E-state index contributed by atoms with van der Waals surface area (Å²) in [5.74, 6) is 0. The zero-order valence-corrected chi connectivity index (χ0v) is 15.5. The van der Waals surface area contributed by atoms with Gasteiger partial charge in [0.25, 0.3) is 11.4 Å². The number of hydrogen-bond acceptors (Lipinski definition) is 7. The van der Waals surface area contributed by atoms with E-state index in [1.807, 2.05) is 4.90 Å². The summed E-state index contributed by atoms with van der Waals surface area (Å²) in [7, 11) is 0. The highest BCUT2D eigenvalue weighted by Gasteiger charge is 2.28. The Morgan fingerprint density at radius 3 is 2.56 bits per heavy atom. The summed E-state index contributed by atoms with van der Waals surface area (Å²) >= 11 is 0. The van der Waals surface area contributed by atoms with E-state index in [-0.39, 0.29) is 11.4 Å². The quantitative estimate of drug-likeness (QED) is 0.340. The molecular formula is C17H27N4O6+. The van der Waals surface area contributed by atoms with Gasteiger partial charge in [-0.2, -0.15) is 0 Å². The van der Waals surface area contributed by atoms with Crippen molar-refractivity contribution >= 4 is 17.1 Å². The molecule has 10 nitrogen and oxygen atoms in total. The molecule has 2 N–H and O–H groups in total. The molecule has 1 aliphatic heterocycles. The number of ether oxygens (including phenoxy) is 1. The molecule has 1 aromatic carbocycles. The predicted molar refractivity (Wildman–Crippen MR) is 99.3 cm³/mol. The number of nitrogens with zero attached hydrogens (tertiary/aromatic N) is 3. The number of nitrogens with one attached hydrogen (secondary N) is 1. The van der Waals surface area contributed by atoms with Gasteiger partial charge >= 0.3 is 0 Å². The van der Waals surface area contributed by atoms with Crippen LogP contribution in [-0.4, -0.2) is 67.0 Å². The lowest BCUT2D eigenvalue weighted by molar-refractivity contribution is -0.903. The first-order valence-electron chi connectivity index (χ1n) is 9.19. The van der Waals surface area contributed by atoms with Gasteiger partial charge in [0.1, 0.15) is 18.3 Å². The Morgan fingerprint density at radius 2 is 1.96 bits per heavy atom. The fourth-order valence-corrected chi connectivity index (χ4v) is 3.16. The van der Waals surface area contributed by atoms with Crippen LogP contribution < -0.4 is 9.80 Å². The van der Waals surface area contributed by atoms with E-state index in [0.29, 0.717) is 38.5 Å². The lowest BCUT2D eigenvalue weighted by atomic mass is 10.2. The molecule has 27 heavy (non-hydrogen) atoms. The number of non-ortho nitro benzene ring substituents is 1. The van der Waals surface area contributed by atoms with Gasteiger partial charge in [-0.15, -0.1) is 0 Å². The van der Waals surface area contributed by atoms with Crippen LogP contribution in [0, 0.1) is 20.2 Å². The topological polar surface area (TPSA) is 123 Å². The van der Waals surface area contributed by atoms with Gasteiger partial charge < -0.3 is 19.6 Å². The average Bonchev–Trinajstić information content (AvgIpc) is 2.65. The molecule has 150 valence electrons. The van der Waals surface area contributed by atoms with Gasteiger partial charge in [0.05, 0.1) is 48.7 Å². The molecule has 1 saturated heterocycles. The monoisotopic (exact) mass is 383 g/mol. The second-order valence-corrected chi connectivity index (χ2v) is 6.71. The molecule has 1 aliphatic rings. The summed E-state index contributed by atoms with van der Waals surface area (Å²) in [6, 6.07) is 3.74. The number of piperazine rings is 1. The van der Waals surface area contributed by atoms with Crippen molar-refractivity contribution in [1.82, 2.24) is 0 Å². The van der Waals surface area contributed by atoms with E-state index >= 15 is 0 Å². The molecule has 10 heteroatoms. The first-order chi connectivity index (χ1) is 12.9. The second-order valence-electron chi connectivity index (χ2n) is 6.71. The molecule has 0 radical (unpaired) electrons. The normalized spacial score (nSPS) is 16.3. The Morgan fingerprint density at radius 1 is 1.26 bits per heavy atom. The van der Waals surface area contributed by atoms with Gasteiger partial charge in [0.15, 0.2) is 0 Å². The van der Waals surface area contributed by atoms with Crippen molar-refractivity contribution in [3.63, 3.8) is 0 Å². The molecule has 0 amide bonds. The van der Waals surface area contributed by atoms with Crippen LogP contribution in [0.2, 0.25) is 0 Å². The van der Waals surface area contributed by atoms with Crippen LogP contribution in [0.5, 0.6) is 0 Å². The minimum atomic E-state index is -0.636. The molecule has 0 unspecified atom stereocenters. The zero-order valence-electron chi connectivity index (χ0n) is 15.5. The van der Waals surface area contributed by atoms with Gasteiger partial charge in [0.2, 0.25) is 0 Å². The van der Waals surface area contributed by atoms with E-state index in [1.165, 1.54) is 17.0 Å². The summed E-state index contributed by atoms with van der Waals surface area (Å²) in [5.41, 5.74) is -0.147. The molecular weight excluding hydrogens is 356 g/mol. The Kier molecular flexibility index (Phi) is 7.89. The summed E-state index contributed by atoms with van der Waals surface area (Å²) in [5, 5.41) is 32.2. The highest BCUT2D eigenvalue weighted by atomic mass is 16.6. The number of quaternary nitrogens is 1. The van der Waals surface area contributed by atoms with E-state index in [2.05, 4.69) is 6.92 Å². The number of unbranched alkanes of at least 4 members (excludes halogenated alkanes) is 1. The van der Waals surface area contributed by atoms with Gasteiger partial charge in [-0.3, -0.25) is 20.2 Å². The van der Waals surface area contributed by atoms with Crippen molar-refractivity contribution in [1.29, 1.82) is 0 Å². The summed E-state index contributed by atoms with van der Waals surface area (Å²) in [6.07, 6.45) is 1.50. The highest BCUT2D eigenvalue weighted by molar-refractivity contribution is 5.66. The zero-order chi connectivity index (χ0) is 19.8. The van der Waals surface area contributed by atoms with Crippen LogP contribution in [-0.2, 0) is 4.74 Å². The molecule has 0 bridgehead atoms. The van der Waals surface area contributed by atoms with E-state index in [0.717, 1.165) is 32.0 Å². The van der Waals surface area contributed by atoms with Crippen molar-refractivity contribution in [3.8, 4) is 0 Å². The number of benzene rings is 1. The van der Waals surface area contributed by atoms with Crippen LogP contribution in [0.4, 0.5) is 17.1 Å². The van der Waals surface area contributed by atoms with Crippen LogP contribution in [0.25, 0.3) is 0 Å². The number of nitro benzene ring substituents is 2. The van der Waals surface area contributed by atoms with E-state index < -0.39 is 16.0 Å². The van der Waals surface area contributed by atoms with Gasteiger partial charge in [-0.25, -0.2) is 0 Å². The summed E-state index contributed by atoms with van der Waals surface area (Å²) < 4.78 is 5.44. The Hall–Kier alpha value is -2.30. The van der Waals surface area contributed by atoms with Crippen molar-refractivity contribution < 1.29 is 24.6 Å². The number of aliphatic hydroxyl groups is 1. The van der Waals surface area contributed by atoms with E-state index in [9.17, 15) is 25.3 Å². The number of hydrogen-bond donors (Lipinski definition) is 2. The minimum Gasteiger partial charge on any atom is -0.385 e. The molecule has 1 atom stereocenters. The van der Waals surface area contributed by atoms with Crippen molar-refractivity contribution in [2.75, 3.05) is 50.8 Å². The summed E-state index contributed by atoms with van der Waals surface area (Å²) in [4.78, 5) is 24.0. The van der Waals surface area contributed by atoms with Crippen molar-refractivity contribution in [2.45, 2.75) is 25.9 Å². The molecule has 1 aromatic rings. The maximum atomic E-state index is 11.3. The van der Waals surface area contributed by atoms with Crippen LogP contribution in [0.1, 0.15) is 19.8 Å². The third-order valence-corrected chi connectivity index (χ3v) is 4.65. The molecule has 1 heterocycles. The van der Waals surface area contributed by atoms with Crippen molar-refractivity contribution in [3.05, 3.63) is 38.4 Å². The van der Waals surface area contributed by atoms with Gasteiger partial charge in [-0.1, -0.05) is 13.3 Å². The first kappa shape index (κ1) is 21.0. The van der Waals surface area contributed by atoms with Crippen molar-refractivity contribution in [2.24, 2.45) is 0 Å². The third kappa shape index (κ3) is 6.12. The third-order valence-electron chi connectivity index (χ3n) is 4.65. The predicted octanol–water partition coefficient (Wildman–Crippen LogP) is 0.386. The molecule has 0 aliphatic carbocycles. The minimum absolute atomic E-state index is 0.253. The Balaban J connectivity index is 1.90. The Labute approximate surface area is 157 Å². The lowest BCUT2D eigenvalue weighted by Crippen LogP contribution is -3.16. The molecule has 0 saturated carbocycles.